The molecule has 0 radical (unpaired) electrons. The Balaban J connectivity index is 2.68. The van der Waals surface area contributed by atoms with Gasteiger partial charge in [0, 0.05) is 18.7 Å². The average molecular weight is 263 g/mol. The van der Waals surface area contributed by atoms with E-state index in [1.807, 2.05) is 31.2 Å². The Morgan fingerprint density at radius 2 is 1.79 bits per heavy atom. The predicted octanol–water partition coefficient (Wildman–Crippen LogP) is 2.27. The zero-order chi connectivity index (χ0) is 14.3. The molecule has 1 aromatic carbocycles. The third-order valence-electron chi connectivity index (χ3n) is 3.09. The molecule has 4 heteroatoms. The van der Waals surface area contributed by atoms with E-state index in [1.54, 1.807) is 4.90 Å². The van der Waals surface area contributed by atoms with Crippen molar-refractivity contribution in [2.45, 2.75) is 26.7 Å². The van der Waals surface area contributed by atoms with Crippen molar-refractivity contribution in [3.8, 4) is 0 Å². The van der Waals surface area contributed by atoms with Crippen molar-refractivity contribution in [1.82, 2.24) is 4.90 Å². The maximum atomic E-state index is 12.3. The van der Waals surface area contributed by atoms with Crippen molar-refractivity contribution in [3.05, 3.63) is 35.4 Å². The van der Waals surface area contributed by atoms with E-state index in [1.165, 1.54) is 12.7 Å². The van der Waals surface area contributed by atoms with Gasteiger partial charge in [-0.3, -0.25) is 9.59 Å². The van der Waals surface area contributed by atoms with Gasteiger partial charge in [-0.25, -0.2) is 0 Å². The highest BCUT2D eigenvalue weighted by atomic mass is 16.5. The fourth-order valence-electron chi connectivity index (χ4n) is 1.80. The van der Waals surface area contributed by atoms with E-state index in [9.17, 15) is 9.59 Å². The van der Waals surface area contributed by atoms with Crippen LogP contribution < -0.4 is 0 Å². The van der Waals surface area contributed by atoms with Gasteiger partial charge in [-0.1, -0.05) is 19.1 Å². The van der Waals surface area contributed by atoms with E-state index in [0.717, 1.165) is 6.42 Å². The monoisotopic (exact) mass is 263 g/mol. The number of esters is 1. The van der Waals surface area contributed by atoms with E-state index >= 15 is 0 Å². The standard InChI is InChI=1S/C15H21NO3/c1-4-12-6-8-13(9-7-12)15(18)16(5-2)11-10-14(17)19-3/h6-9H,4-5,10-11H2,1-3H3. The first kappa shape index (κ1) is 15.2. The molecule has 1 amide bonds. The zero-order valence-electron chi connectivity index (χ0n) is 11.8. The van der Waals surface area contributed by atoms with Crippen LogP contribution in [-0.2, 0) is 16.0 Å². The summed E-state index contributed by atoms with van der Waals surface area (Å²) in [6.45, 7) is 4.93. The molecule has 19 heavy (non-hydrogen) atoms. The third kappa shape index (κ3) is 4.39. The second kappa shape index (κ2) is 7.56. The van der Waals surface area contributed by atoms with Gasteiger partial charge in [0.2, 0.25) is 0 Å². The van der Waals surface area contributed by atoms with Crippen LogP contribution in [0.2, 0.25) is 0 Å². The summed E-state index contributed by atoms with van der Waals surface area (Å²) in [5.41, 5.74) is 1.86. The van der Waals surface area contributed by atoms with Crippen LogP contribution >= 0.6 is 0 Å². The van der Waals surface area contributed by atoms with Gasteiger partial charge in [-0.15, -0.1) is 0 Å². The fourth-order valence-corrected chi connectivity index (χ4v) is 1.80. The highest BCUT2D eigenvalue weighted by Gasteiger charge is 2.15. The number of rotatable bonds is 6. The van der Waals surface area contributed by atoms with Gasteiger partial charge in [-0.2, -0.15) is 0 Å². The van der Waals surface area contributed by atoms with Crippen molar-refractivity contribution in [2.24, 2.45) is 0 Å². The van der Waals surface area contributed by atoms with Crippen LogP contribution in [-0.4, -0.2) is 37.0 Å². The summed E-state index contributed by atoms with van der Waals surface area (Å²) in [7, 11) is 1.35. The van der Waals surface area contributed by atoms with Crippen LogP contribution in [0.4, 0.5) is 0 Å². The first-order chi connectivity index (χ1) is 9.12. The maximum absolute atomic E-state index is 12.3. The Labute approximate surface area is 114 Å². The molecule has 0 aliphatic carbocycles. The third-order valence-corrected chi connectivity index (χ3v) is 3.09. The highest BCUT2D eigenvalue weighted by Crippen LogP contribution is 2.09. The number of aryl methyl sites for hydroxylation is 1. The lowest BCUT2D eigenvalue weighted by atomic mass is 10.1. The Morgan fingerprint density at radius 3 is 2.26 bits per heavy atom. The molecular weight excluding hydrogens is 242 g/mol. The van der Waals surface area contributed by atoms with E-state index in [-0.39, 0.29) is 18.3 Å². The quantitative estimate of drug-likeness (QED) is 0.740. The minimum atomic E-state index is -0.299. The number of hydrogen-bond donors (Lipinski definition) is 0. The molecule has 0 unspecified atom stereocenters. The van der Waals surface area contributed by atoms with Gasteiger partial charge >= 0.3 is 5.97 Å². The van der Waals surface area contributed by atoms with Crippen molar-refractivity contribution in [1.29, 1.82) is 0 Å². The topological polar surface area (TPSA) is 46.6 Å². The normalized spacial score (nSPS) is 10.1. The average Bonchev–Trinajstić information content (AvgIpc) is 2.47. The molecule has 0 fully saturated rings. The SMILES string of the molecule is CCc1ccc(C(=O)N(CC)CCC(=O)OC)cc1. The van der Waals surface area contributed by atoms with Gasteiger partial charge in [0.25, 0.3) is 5.91 Å². The fraction of sp³-hybridized carbons (Fsp3) is 0.467. The molecule has 0 saturated heterocycles. The summed E-state index contributed by atoms with van der Waals surface area (Å²) < 4.78 is 4.58. The molecule has 1 aromatic rings. The van der Waals surface area contributed by atoms with Gasteiger partial charge in [0.1, 0.15) is 0 Å². The largest absolute Gasteiger partial charge is 0.469 e. The number of hydrogen-bond acceptors (Lipinski definition) is 3. The van der Waals surface area contributed by atoms with Crippen LogP contribution in [0, 0.1) is 0 Å². The minimum Gasteiger partial charge on any atom is -0.469 e. The number of ether oxygens (including phenoxy) is 1. The molecule has 0 aliphatic rings. The number of methoxy groups -OCH3 is 1. The first-order valence-corrected chi connectivity index (χ1v) is 6.57. The van der Waals surface area contributed by atoms with Gasteiger partial charge < -0.3 is 9.64 Å². The van der Waals surface area contributed by atoms with Gasteiger partial charge in [0.15, 0.2) is 0 Å². The lowest BCUT2D eigenvalue weighted by molar-refractivity contribution is -0.140. The lowest BCUT2D eigenvalue weighted by Crippen LogP contribution is -2.33. The van der Waals surface area contributed by atoms with E-state index in [4.69, 9.17) is 0 Å². The van der Waals surface area contributed by atoms with Crippen LogP contribution in [0.3, 0.4) is 0 Å². The Morgan fingerprint density at radius 1 is 1.16 bits per heavy atom. The molecular formula is C15H21NO3. The first-order valence-electron chi connectivity index (χ1n) is 6.57. The van der Waals surface area contributed by atoms with Crippen molar-refractivity contribution in [3.63, 3.8) is 0 Å². The summed E-state index contributed by atoms with van der Waals surface area (Å²) in [6, 6.07) is 7.59. The Hall–Kier alpha value is -1.84. The molecule has 0 aromatic heterocycles. The molecule has 0 bridgehead atoms. The number of amides is 1. The Kier molecular flexibility index (Phi) is 6.06. The number of carbonyl (C=O) groups excluding carboxylic acids is 2. The van der Waals surface area contributed by atoms with Crippen LogP contribution in [0.25, 0.3) is 0 Å². The molecule has 104 valence electrons. The van der Waals surface area contributed by atoms with Crippen LogP contribution in [0.15, 0.2) is 24.3 Å². The molecule has 1 rings (SSSR count). The predicted molar refractivity (Wildman–Crippen MR) is 74.0 cm³/mol. The summed E-state index contributed by atoms with van der Waals surface area (Å²) in [4.78, 5) is 25.0. The van der Waals surface area contributed by atoms with E-state index in [2.05, 4.69) is 11.7 Å². The van der Waals surface area contributed by atoms with Gasteiger partial charge in [0.05, 0.1) is 13.5 Å². The number of benzene rings is 1. The van der Waals surface area contributed by atoms with Gasteiger partial charge in [-0.05, 0) is 31.0 Å². The Bertz CT molecular complexity index is 426. The molecule has 0 N–H and O–H groups in total. The second-order valence-corrected chi connectivity index (χ2v) is 4.26. The second-order valence-electron chi connectivity index (χ2n) is 4.26. The summed E-state index contributed by atoms with van der Waals surface area (Å²) >= 11 is 0. The van der Waals surface area contributed by atoms with Crippen molar-refractivity contribution >= 4 is 11.9 Å². The summed E-state index contributed by atoms with van der Waals surface area (Å²) in [5.74, 6) is -0.346. The van der Waals surface area contributed by atoms with Crippen LogP contribution in [0.5, 0.6) is 0 Å². The number of carbonyl (C=O) groups is 2. The number of nitrogens with zero attached hydrogens (tertiary/aromatic N) is 1. The summed E-state index contributed by atoms with van der Waals surface area (Å²) in [5, 5.41) is 0. The molecule has 0 spiro atoms. The lowest BCUT2D eigenvalue weighted by Gasteiger charge is -2.20. The van der Waals surface area contributed by atoms with Crippen molar-refractivity contribution in [2.75, 3.05) is 20.2 Å². The van der Waals surface area contributed by atoms with Crippen LogP contribution in [0.1, 0.15) is 36.2 Å². The van der Waals surface area contributed by atoms with E-state index < -0.39 is 0 Å². The molecule has 0 atom stereocenters. The smallest absolute Gasteiger partial charge is 0.307 e. The maximum Gasteiger partial charge on any atom is 0.307 e. The molecule has 0 saturated carbocycles. The van der Waals surface area contributed by atoms with Crippen molar-refractivity contribution < 1.29 is 14.3 Å². The minimum absolute atomic E-state index is 0.0472. The molecule has 0 heterocycles. The molecule has 4 nitrogen and oxygen atoms in total. The highest BCUT2D eigenvalue weighted by molar-refractivity contribution is 5.94. The molecule has 0 aliphatic heterocycles. The zero-order valence-corrected chi connectivity index (χ0v) is 11.8. The summed E-state index contributed by atoms with van der Waals surface area (Å²) in [6.07, 6.45) is 1.18. The van der Waals surface area contributed by atoms with E-state index in [0.29, 0.717) is 18.7 Å².